The highest BCUT2D eigenvalue weighted by Crippen LogP contribution is 2.28. The van der Waals surface area contributed by atoms with E-state index >= 15 is 0 Å². The molecule has 1 rings (SSSR count). The number of carbonyl (C=O) groups is 1. The van der Waals surface area contributed by atoms with Gasteiger partial charge in [-0.15, -0.1) is 0 Å². The van der Waals surface area contributed by atoms with Gasteiger partial charge in [0.1, 0.15) is 5.75 Å². The van der Waals surface area contributed by atoms with Crippen molar-refractivity contribution < 1.29 is 9.53 Å². The molecule has 0 aliphatic heterocycles. The summed E-state index contributed by atoms with van der Waals surface area (Å²) in [6.45, 7) is 12.8. The van der Waals surface area contributed by atoms with Crippen LogP contribution in [0.5, 0.6) is 5.75 Å². The number of benzene rings is 1. The molecule has 0 saturated carbocycles. The van der Waals surface area contributed by atoms with E-state index in [1.54, 1.807) is 7.11 Å². The van der Waals surface area contributed by atoms with Crippen molar-refractivity contribution in [3.05, 3.63) is 29.8 Å². The lowest BCUT2D eigenvalue weighted by atomic mass is 9.81. The molecule has 0 aliphatic carbocycles. The summed E-state index contributed by atoms with van der Waals surface area (Å²) >= 11 is 0. The van der Waals surface area contributed by atoms with E-state index in [1.165, 1.54) is 0 Å². The number of hydrogen-bond acceptors (Lipinski definition) is 3. The summed E-state index contributed by atoms with van der Waals surface area (Å²) in [6, 6.07) is 7.12. The summed E-state index contributed by atoms with van der Waals surface area (Å²) < 4.78 is 5.28. The van der Waals surface area contributed by atoms with E-state index in [2.05, 4.69) is 39.9 Å². The Morgan fingerprint density at radius 3 is 2.29 bits per heavy atom. The van der Waals surface area contributed by atoms with Crippen LogP contribution in [0.15, 0.2) is 24.3 Å². The molecule has 0 heterocycles. The Balaban J connectivity index is 2.84. The largest absolute Gasteiger partial charge is 0.496 e. The molecular weight excluding hydrogens is 262 g/mol. The molecule has 0 aromatic heterocycles. The Bertz CT molecular complexity index is 486. The third-order valence-corrected chi connectivity index (χ3v) is 3.35. The number of hydrogen-bond donors (Lipinski definition) is 1. The second kappa shape index (κ2) is 6.61. The van der Waals surface area contributed by atoms with Gasteiger partial charge < -0.3 is 10.1 Å². The fourth-order valence-electron chi connectivity index (χ4n) is 3.11. The first-order chi connectivity index (χ1) is 9.56. The van der Waals surface area contributed by atoms with E-state index in [4.69, 9.17) is 4.74 Å². The molecule has 0 saturated heterocycles. The van der Waals surface area contributed by atoms with Crippen LogP contribution in [-0.2, 0) is 0 Å². The highest BCUT2D eigenvalue weighted by molar-refractivity contribution is 6.02. The average molecular weight is 291 g/mol. The number of nitrogens with one attached hydrogen (secondary N) is 1. The molecule has 118 valence electrons. The van der Waals surface area contributed by atoms with Crippen molar-refractivity contribution in [3.8, 4) is 5.75 Å². The van der Waals surface area contributed by atoms with Gasteiger partial charge in [0.2, 0.25) is 0 Å². The minimum Gasteiger partial charge on any atom is -0.496 e. The van der Waals surface area contributed by atoms with Crippen molar-refractivity contribution >= 4 is 5.78 Å². The lowest BCUT2D eigenvalue weighted by molar-refractivity contribution is 0.0918. The van der Waals surface area contributed by atoms with E-state index < -0.39 is 0 Å². The summed E-state index contributed by atoms with van der Waals surface area (Å²) in [7, 11) is 1.59. The molecule has 1 aromatic rings. The molecule has 0 amide bonds. The number of para-hydroxylation sites is 1. The quantitative estimate of drug-likeness (QED) is 0.803. The molecule has 0 radical (unpaired) electrons. The van der Waals surface area contributed by atoms with Crippen molar-refractivity contribution in [2.24, 2.45) is 5.41 Å². The number of methoxy groups -OCH3 is 1. The summed E-state index contributed by atoms with van der Waals surface area (Å²) in [5.41, 5.74) is 0.741. The van der Waals surface area contributed by atoms with Crippen molar-refractivity contribution in [2.45, 2.75) is 59.5 Å². The maximum Gasteiger partial charge on any atom is 0.183 e. The van der Waals surface area contributed by atoms with Gasteiger partial charge in [0, 0.05) is 5.54 Å². The molecule has 1 N–H and O–H groups in total. The maximum atomic E-state index is 12.6. The smallest absolute Gasteiger partial charge is 0.183 e. The second-order valence-electron chi connectivity index (χ2n) is 7.55. The predicted octanol–water partition coefficient (Wildman–Crippen LogP) is 4.07. The molecule has 0 bridgehead atoms. The highest BCUT2D eigenvalue weighted by Gasteiger charge is 2.29. The van der Waals surface area contributed by atoms with Crippen LogP contribution in [0.25, 0.3) is 0 Å². The number of rotatable bonds is 6. The monoisotopic (exact) mass is 291 g/mol. The van der Waals surface area contributed by atoms with Gasteiger partial charge in [-0.3, -0.25) is 4.79 Å². The molecule has 0 fully saturated rings. The first-order valence-corrected chi connectivity index (χ1v) is 7.51. The van der Waals surface area contributed by atoms with Crippen LogP contribution in [0, 0.1) is 5.41 Å². The number of ether oxygens (including phenoxy) is 1. The first kappa shape index (κ1) is 17.7. The van der Waals surface area contributed by atoms with Gasteiger partial charge in [0.25, 0.3) is 0 Å². The van der Waals surface area contributed by atoms with Gasteiger partial charge in [0.05, 0.1) is 18.7 Å². The fourth-order valence-corrected chi connectivity index (χ4v) is 3.11. The third-order valence-electron chi connectivity index (χ3n) is 3.35. The normalized spacial score (nSPS) is 13.9. The van der Waals surface area contributed by atoms with Gasteiger partial charge in [-0.1, -0.05) is 32.9 Å². The summed E-state index contributed by atoms with van der Waals surface area (Å²) in [5.74, 6) is 0.694. The summed E-state index contributed by atoms with van der Waals surface area (Å²) in [5, 5.41) is 3.46. The van der Waals surface area contributed by atoms with Gasteiger partial charge in [0.15, 0.2) is 5.78 Å². The topological polar surface area (TPSA) is 38.3 Å². The fraction of sp³-hybridized carbons (Fsp3) is 0.611. The summed E-state index contributed by atoms with van der Waals surface area (Å²) in [4.78, 5) is 12.6. The van der Waals surface area contributed by atoms with Gasteiger partial charge in [-0.2, -0.15) is 0 Å². The molecule has 1 aromatic carbocycles. The molecule has 1 unspecified atom stereocenters. The van der Waals surface area contributed by atoms with Crippen molar-refractivity contribution in [1.29, 1.82) is 0 Å². The van der Waals surface area contributed by atoms with Gasteiger partial charge >= 0.3 is 0 Å². The lowest BCUT2D eigenvalue weighted by Crippen LogP contribution is -2.49. The predicted molar refractivity (Wildman–Crippen MR) is 88.1 cm³/mol. The van der Waals surface area contributed by atoms with Gasteiger partial charge in [-0.25, -0.2) is 0 Å². The van der Waals surface area contributed by atoms with Crippen LogP contribution < -0.4 is 10.1 Å². The highest BCUT2D eigenvalue weighted by atomic mass is 16.5. The van der Waals surface area contributed by atoms with Crippen LogP contribution in [0.3, 0.4) is 0 Å². The Hall–Kier alpha value is -1.35. The van der Waals surface area contributed by atoms with E-state index in [1.807, 2.05) is 31.2 Å². The van der Waals surface area contributed by atoms with Crippen LogP contribution >= 0.6 is 0 Å². The van der Waals surface area contributed by atoms with Crippen LogP contribution in [0.1, 0.15) is 58.3 Å². The standard InChI is InChI=1S/C18H29NO2/c1-13(19-18(5,6)12-17(2,3)4)16(20)14-10-8-9-11-15(14)21-7/h8-11,13,19H,12H2,1-7H3. The Kier molecular flexibility index (Phi) is 5.57. The summed E-state index contributed by atoms with van der Waals surface area (Å²) in [6.07, 6.45) is 0.990. The molecule has 21 heavy (non-hydrogen) atoms. The molecule has 3 nitrogen and oxygen atoms in total. The zero-order chi connectivity index (χ0) is 16.3. The van der Waals surface area contributed by atoms with Crippen LogP contribution in [0.2, 0.25) is 0 Å². The number of ketones is 1. The van der Waals surface area contributed by atoms with E-state index in [0.29, 0.717) is 11.3 Å². The van der Waals surface area contributed by atoms with Crippen molar-refractivity contribution in [1.82, 2.24) is 5.32 Å². The first-order valence-electron chi connectivity index (χ1n) is 7.51. The van der Waals surface area contributed by atoms with Crippen LogP contribution in [-0.4, -0.2) is 24.5 Å². The van der Waals surface area contributed by atoms with E-state index in [-0.39, 0.29) is 22.8 Å². The number of Topliss-reactive ketones (excluding diaryl/α,β-unsaturated/α-hetero) is 1. The maximum absolute atomic E-state index is 12.6. The van der Waals surface area contributed by atoms with Crippen molar-refractivity contribution in [3.63, 3.8) is 0 Å². The van der Waals surface area contributed by atoms with Crippen molar-refractivity contribution in [2.75, 3.05) is 7.11 Å². The Labute approximate surface area is 129 Å². The molecule has 0 aliphatic rings. The Morgan fingerprint density at radius 2 is 1.76 bits per heavy atom. The molecule has 0 spiro atoms. The minimum atomic E-state index is -0.251. The van der Waals surface area contributed by atoms with E-state index in [0.717, 1.165) is 6.42 Å². The minimum absolute atomic E-state index is 0.0643. The zero-order valence-electron chi connectivity index (χ0n) is 14.4. The SMILES string of the molecule is COc1ccccc1C(=O)C(C)NC(C)(C)CC(C)(C)C. The van der Waals surface area contributed by atoms with Gasteiger partial charge in [-0.05, 0) is 44.7 Å². The number of carbonyl (C=O) groups excluding carboxylic acids is 1. The second-order valence-corrected chi connectivity index (χ2v) is 7.55. The zero-order valence-corrected chi connectivity index (χ0v) is 14.4. The lowest BCUT2D eigenvalue weighted by Gasteiger charge is -2.35. The molecule has 1 atom stereocenters. The molecule has 3 heteroatoms. The van der Waals surface area contributed by atoms with E-state index in [9.17, 15) is 4.79 Å². The average Bonchev–Trinajstić information content (AvgIpc) is 2.34. The molecular formula is C18H29NO2. The Morgan fingerprint density at radius 1 is 1.19 bits per heavy atom. The van der Waals surface area contributed by atoms with Crippen LogP contribution in [0.4, 0.5) is 0 Å². The third kappa shape index (κ3) is 5.50.